The van der Waals surface area contributed by atoms with Gasteiger partial charge in [0, 0.05) is 17.0 Å². The van der Waals surface area contributed by atoms with Crippen LogP contribution in [0.25, 0.3) is 10.9 Å². The van der Waals surface area contributed by atoms with Gasteiger partial charge in [-0.15, -0.1) is 0 Å². The average Bonchev–Trinajstić information content (AvgIpc) is 2.98. The predicted molar refractivity (Wildman–Crippen MR) is 102 cm³/mol. The summed E-state index contributed by atoms with van der Waals surface area (Å²) in [5.74, 6) is 0.471. The maximum Gasteiger partial charge on any atom is 0.419 e. The zero-order chi connectivity index (χ0) is 19.6. The van der Waals surface area contributed by atoms with Gasteiger partial charge in [-0.05, 0) is 13.0 Å². The summed E-state index contributed by atoms with van der Waals surface area (Å²) in [6, 6.07) is 11.9. The van der Waals surface area contributed by atoms with Crippen molar-refractivity contribution in [3.8, 4) is 11.5 Å². The number of rotatable bonds is 5. The molecule has 27 heavy (non-hydrogen) atoms. The number of methoxy groups -OCH3 is 2. The third-order valence-corrected chi connectivity index (χ3v) is 4.21. The molecule has 0 atom stereocenters. The molecule has 3 rings (SSSR count). The van der Waals surface area contributed by atoms with E-state index in [4.69, 9.17) is 19.9 Å². The number of hydrogen-bond acceptors (Lipinski definition) is 6. The molecule has 7 heteroatoms. The lowest BCUT2D eigenvalue weighted by Gasteiger charge is -2.10. The summed E-state index contributed by atoms with van der Waals surface area (Å²) in [7, 11) is 2.99. The van der Waals surface area contributed by atoms with E-state index in [1.165, 1.54) is 18.8 Å². The predicted octanol–water partition coefficient (Wildman–Crippen LogP) is 3.48. The molecular weight excluding hydrogens is 348 g/mol. The van der Waals surface area contributed by atoms with Crippen LogP contribution in [0.5, 0.6) is 11.5 Å². The van der Waals surface area contributed by atoms with Crippen LogP contribution in [-0.2, 0) is 4.74 Å². The van der Waals surface area contributed by atoms with Gasteiger partial charge in [-0.3, -0.25) is 4.79 Å². The molecule has 1 heterocycles. The Labute approximate surface area is 156 Å². The van der Waals surface area contributed by atoms with Gasteiger partial charge in [0.05, 0.1) is 32.0 Å². The molecule has 0 spiro atoms. The number of ketones is 1. The second-order valence-corrected chi connectivity index (χ2v) is 5.72. The van der Waals surface area contributed by atoms with E-state index >= 15 is 0 Å². The van der Waals surface area contributed by atoms with Crippen LogP contribution < -0.4 is 15.2 Å². The van der Waals surface area contributed by atoms with Gasteiger partial charge in [0.25, 0.3) is 0 Å². The fourth-order valence-corrected chi connectivity index (χ4v) is 2.97. The van der Waals surface area contributed by atoms with Gasteiger partial charge in [-0.1, -0.05) is 30.3 Å². The van der Waals surface area contributed by atoms with Gasteiger partial charge in [0.2, 0.25) is 5.78 Å². The third-order valence-electron chi connectivity index (χ3n) is 4.21. The minimum absolute atomic E-state index is 0.0463. The molecule has 0 fully saturated rings. The van der Waals surface area contributed by atoms with E-state index in [1.807, 2.05) is 0 Å². The van der Waals surface area contributed by atoms with Crippen molar-refractivity contribution >= 4 is 28.5 Å². The highest BCUT2D eigenvalue weighted by Gasteiger charge is 2.28. The van der Waals surface area contributed by atoms with E-state index in [0.717, 1.165) is 0 Å². The number of carbonyl (C=O) groups excluding carboxylic acids is 2. The van der Waals surface area contributed by atoms with Gasteiger partial charge in [0.1, 0.15) is 5.69 Å². The molecule has 0 unspecified atom stereocenters. The van der Waals surface area contributed by atoms with E-state index in [9.17, 15) is 9.59 Å². The zero-order valence-corrected chi connectivity index (χ0v) is 15.3. The highest BCUT2D eigenvalue weighted by atomic mass is 16.5. The molecule has 3 aromatic rings. The molecule has 0 aliphatic rings. The number of anilines is 1. The molecule has 1 aromatic heterocycles. The Balaban J connectivity index is 2.34. The SMILES string of the molecule is CCOC(=O)n1c(C(=O)c2ccccc2)c(N)c2cc(OC)c(OC)cc21. The van der Waals surface area contributed by atoms with Crippen molar-refractivity contribution in [3.05, 3.63) is 53.7 Å². The minimum Gasteiger partial charge on any atom is -0.493 e. The van der Waals surface area contributed by atoms with Crippen molar-refractivity contribution in [3.63, 3.8) is 0 Å². The lowest BCUT2D eigenvalue weighted by atomic mass is 10.1. The molecule has 0 saturated heterocycles. The first-order chi connectivity index (χ1) is 13.0. The maximum atomic E-state index is 13.1. The number of nitrogens with two attached hydrogens (primary N) is 1. The number of hydrogen-bond donors (Lipinski definition) is 1. The first-order valence-electron chi connectivity index (χ1n) is 8.36. The highest BCUT2D eigenvalue weighted by molar-refractivity contribution is 6.18. The standard InChI is InChI=1S/C20H20N2O5/c1-4-27-20(24)22-14-11-16(26-3)15(25-2)10-13(14)17(21)18(22)19(23)12-8-6-5-7-9-12/h5-11H,4,21H2,1-3H3. The molecule has 0 aliphatic heterocycles. The minimum atomic E-state index is -0.689. The number of fused-ring (bicyclic) bond motifs is 1. The summed E-state index contributed by atoms with van der Waals surface area (Å²) in [4.78, 5) is 25.7. The lowest BCUT2D eigenvalue weighted by molar-refractivity contribution is 0.102. The summed E-state index contributed by atoms with van der Waals surface area (Å²) in [5, 5.41) is 0.500. The molecule has 0 radical (unpaired) electrons. The molecule has 0 bridgehead atoms. The molecule has 2 N–H and O–H groups in total. The fourth-order valence-electron chi connectivity index (χ4n) is 2.97. The summed E-state index contributed by atoms with van der Waals surface area (Å²) in [6.45, 7) is 1.85. The number of benzene rings is 2. The third kappa shape index (κ3) is 3.08. The van der Waals surface area contributed by atoms with Gasteiger partial charge in [-0.25, -0.2) is 9.36 Å². The fraction of sp³-hybridized carbons (Fsp3) is 0.200. The highest BCUT2D eigenvalue weighted by Crippen LogP contribution is 2.38. The van der Waals surface area contributed by atoms with Crippen molar-refractivity contribution in [1.82, 2.24) is 4.57 Å². The second kappa shape index (κ2) is 7.41. The van der Waals surface area contributed by atoms with Crippen LogP contribution in [0.2, 0.25) is 0 Å². The largest absolute Gasteiger partial charge is 0.493 e. The molecular formula is C20H20N2O5. The second-order valence-electron chi connectivity index (χ2n) is 5.72. The molecule has 140 valence electrons. The number of carbonyl (C=O) groups is 2. The smallest absolute Gasteiger partial charge is 0.419 e. The van der Waals surface area contributed by atoms with Crippen molar-refractivity contribution in [1.29, 1.82) is 0 Å². The van der Waals surface area contributed by atoms with Crippen LogP contribution in [0.15, 0.2) is 42.5 Å². The van der Waals surface area contributed by atoms with E-state index in [1.54, 1.807) is 49.4 Å². The molecule has 7 nitrogen and oxygen atoms in total. The van der Waals surface area contributed by atoms with Crippen LogP contribution in [0.1, 0.15) is 23.0 Å². The Hall–Kier alpha value is -3.48. The maximum absolute atomic E-state index is 13.1. The van der Waals surface area contributed by atoms with Crippen LogP contribution in [0.3, 0.4) is 0 Å². The monoisotopic (exact) mass is 368 g/mol. The molecule has 0 saturated carbocycles. The first-order valence-corrected chi connectivity index (χ1v) is 8.36. The van der Waals surface area contributed by atoms with Crippen molar-refractivity contribution in [2.24, 2.45) is 0 Å². The topological polar surface area (TPSA) is 92.8 Å². The lowest BCUT2D eigenvalue weighted by Crippen LogP contribution is -2.20. The van der Waals surface area contributed by atoms with E-state index in [-0.39, 0.29) is 23.8 Å². The molecule has 0 aliphatic carbocycles. The number of nitrogens with zero attached hydrogens (tertiary/aromatic N) is 1. The Kier molecular flexibility index (Phi) is 5.03. The van der Waals surface area contributed by atoms with Crippen molar-refractivity contribution in [2.75, 3.05) is 26.6 Å². The van der Waals surface area contributed by atoms with Gasteiger partial charge < -0.3 is 19.9 Å². The van der Waals surface area contributed by atoms with E-state index in [0.29, 0.717) is 28.0 Å². The summed E-state index contributed by atoms with van der Waals surface area (Å²) in [5.41, 5.74) is 7.32. The molecule has 0 amide bonds. The summed E-state index contributed by atoms with van der Waals surface area (Å²) >= 11 is 0. The zero-order valence-electron chi connectivity index (χ0n) is 15.3. The number of nitrogen functional groups attached to an aromatic ring is 1. The first kappa shape index (κ1) is 18.3. The van der Waals surface area contributed by atoms with Crippen LogP contribution in [0.4, 0.5) is 10.5 Å². The average molecular weight is 368 g/mol. The summed E-state index contributed by atoms with van der Waals surface area (Å²) in [6.07, 6.45) is -0.689. The van der Waals surface area contributed by atoms with Crippen LogP contribution in [-0.4, -0.2) is 37.3 Å². The Morgan fingerprint density at radius 2 is 1.67 bits per heavy atom. The van der Waals surface area contributed by atoms with E-state index in [2.05, 4.69) is 0 Å². The molecule has 2 aromatic carbocycles. The van der Waals surface area contributed by atoms with Gasteiger partial charge >= 0.3 is 6.09 Å². The van der Waals surface area contributed by atoms with Crippen molar-refractivity contribution in [2.45, 2.75) is 6.92 Å². The normalized spacial score (nSPS) is 10.6. The van der Waals surface area contributed by atoms with E-state index < -0.39 is 6.09 Å². The Morgan fingerprint density at radius 3 is 2.26 bits per heavy atom. The van der Waals surface area contributed by atoms with Gasteiger partial charge in [-0.2, -0.15) is 0 Å². The number of ether oxygens (including phenoxy) is 3. The quantitative estimate of drug-likeness (QED) is 0.693. The van der Waals surface area contributed by atoms with Crippen LogP contribution in [0, 0.1) is 0 Å². The Bertz CT molecular complexity index is 1010. The Morgan fingerprint density at radius 1 is 1.04 bits per heavy atom. The number of aromatic nitrogens is 1. The van der Waals surface area contributed by atoms with Crippen LogP contribution >= 0.6 is 0 Å². The van der Waals surface area contributed by atoms with Gasteiger partial charge in [0.15, 0.2) is 11.5 Å². The van der Waals surface area contributed by atoms with Crippen molar-refractivity contribution < 1.29 is 23.8 Å². The summed E-state index contributed by atoms with van der Waals surface area (Å²) < 4.78 is 17.0.